The zero-order valence-electron chi connectivity index (χ0n) is 14.4. The summed E-state index contributed by atoms with van der Waals surface area (Å²) in [5.74, 6) is 2.40. The van der Waals surface area contributed by atoms with Crippen molar-refractivity contribution < 1.29 is 4.79 Å². The molecule has 130 valence electrons. The van der Waals surface area contributed by atoms with Crippen molar-refractivity contribution in [1.82, 2.24) is 0 Å². The predicted octanol–water partition coefficient (Wildman–Crippen LogP) is 3.61. The van der Waals surface area contributed by atoms with Crippen molar-refractivity contribution >= 4 is 23.4 Å². The van der Waals surface area contributed by atoms with E-state index in [-0.39, 0.29) is 5.91 Å². The Morgan fingerprint density at radius 3 is 2.60 bits per heavy atom. The number of fused-ring (bicyclic) bond motifs is 1. The number of anilines is 1. The van der Waals surface area contributed by atoms with Crippen LogP contribution in [0.4, 0.5) is 5.69 Å². The van der Waals surface area contributed by atoms with Crippen LogP contribution in [0.3, 0.4) is 0 Å². The van der Waals surface area contributed by atoms with Crippen LogP contribution in [0.5, 0.6) is 0 Å². The van der Waals surface area contributed by atoms with Crippen molar-refractivity contribution in [3.05, 3.63) is 64.7 Å². The molecule has 0 aromatic heterocycles. The van der Waals surface area contributed by atoms with Gasteiger partial charge in [-0.25, -0.2) is 0 Å². The number of benzene rings is 2. The molecule has 4 rings (SSSR count). The van der Waals surface area contributed by atoms with E-state index in [1.807, 2.05) is 17.8 Å². The Labute approximate surface area is 153 Å². The first-order chi connectivity index (χ1) is 12.2. The Balaban J connectivity index is 1.68. The monoisotopic (exact) mass is 352 g/mol. The Morgan fingerprint density at radius 1 is 1.08 bits per heavy atom. The van der Waals surface area contributed by atoms with Gasteiger partial charge in [0.25, 0.3) is 0 Å². The molecule has 0 bridgehead atoms. The standard InChI is InChI=1S/C21H24N2OS/c22-21(24)19-8-7-18(23-9-11-25-12-10-23)14-20(19)17-6-5-15-3-1-2-4-16(15)13-17/h1-4,7-8,14,17H,5-6,9-13H2,(H2,22,24). The molecule has 1 heterocycles. The quantitative estimate of drug-likeness (QED) is 0.918. The number of nitrogens with zero attached hydrogens (tertiary/aromatic N) is 1. The molecular weight excluding hydrogens is 328 g/mol. The molecule has 4 heteroatoms. The highest BCUT2D eigenvalue weighted by Crippen LogP contribution is 2.36. The third-order valence-electron chi connectivity index (χ3n) is 5.46. The number of amides is 1. The largest absolute Gasteiger partial charge is 0.370 e. The first-order valence-electron chi connectivity index (χ1n) is 9.05. The minimum absolute atomic E-state index is 0.311. The molecule has 2 aliphatic rings. The van der Waals surface area contributed by atoms with Crippen LogP contribution in [-0.2, 0) is 12.8 Å². The summed E-state index contributed by atoms with van der Waals surface area (Å²) in [6, 6.07) is 14.9. The third kappa shape index (κ3) is 3.40. The van der Waals surface area contributed by atoms with Gasteiger partial charge in [-0.15, -0.1) is 0 Å². The number of carbonyl (C=O) groups excluding carboxylic acids is 1. The highest BCUT2D eigenvalue weighted by atomic mass is 32.2. The number of hydrogen-bond donors (Lipinski definition) is 1. The highest BCUT2D eigenvalue weighted by molar-refractivity contribution is 7.99. The number of aryl methyl sites for hydroxylation is 1. The minimum atomic E-state index is -0.311. The lowest BCUT2D eigenvalue weighted by Gasteiger charge is -2.31. The summed E-state index contributed by atoms with van der Waals surface area (Å²) in [5.41, 5.74) is 11.6. The number of nitrogens with two attached hydrogens (primary N) is 1. The van der Waals surface area contributed by atoms with Gasteiger partial charge in [-0.05, 0) is 60.1 Å². The Kier molecular flexibility index (Phi) is 4.71. The average Bonchev–Trinajstić information content (AvgIpc) is 2.67. The molecule has 0 spiro atoms. The molecule has 1 aliphatic heterocycles. The second-order valence-corrected chi connectivity index (χ2v) is 8.17. The molecule has 1 saturated heterocycles. The number of rotatable bonds is 3. The fraction of sp³-hybridized carbons (Fsp3) is 0.381. The van der Waals surface area contributed by atoms with Gasteiger partial charge in [0, 0.05) is 35.8 Å². The highest BCUT2D eigenvalue weighted by Gasteiger charge is 2.24. The number of thioether (sulfide) groups is 1. The summed E-state index contributed by atoms with van der Waals surface area (Å²) in [6.07, 6.45) is 3.15. The van der Waals surface area contributed by atoms with Crippen LogP contribution in [0.2, 0.25) is 0 Å². The first kappa shape index (κ1) is 16.5. The van der Waals surface area contributed by atoms with E-state index < -0.39 is 0 Å². The number of primary amides is 1. The zero-order chi connectivity index (χ0) is 17.2. The molecule has 0 saturated carbocycles. The van der Waals surface area contributed by atoms with Crippen LogP contribution in [0.15, 0.2) is 42.5 Å². The maximum Gasteiger partial charge on any atom is 0.248 e. The zero-order valence-corrected chi connectivity index (χ0v) is 15.2. The molecule has 2 N–H and O–H groups in total. The van der Waals surface area contributed by atoms with Crippen molar-refractivity contribution in [1.29, 1.82) is 0 Å². The van der Waals surface area contributed by atoms with E-state index in [0.29, 0.717) is 11.5 Å². The maximum absolute atomic E-state index is 12.0. The van der Waals surface area contributed by atoms with E-state index in [2.05, 4.69) is 41.3 Å². The van der Waals surface area contributed by atoms with Crippen molar-refractivity contribution in [2.24, 2.45) is 5.73 Å². The maximum atomic E-state index is 12.0. The van der Waals surface area contributed by atoms with E-state index in [1.165, 1.54) is 28.3 Å². The summed E-state index contributed by atoms with van der Waals surface area (Å²) >= 11 is 2.01. The van der Waals surface area contributed by atoms with Crippen LogP contribution in [0.1, 0.15) is 39.4 Å². The van der Waals surface area contributed by atoms with E-state index in [9.17, 15) is 4.79 Å². The van der Waals surface area contributed by atoms with Crippen LogP contribution in [-0.4, -0.2) is 30.5 Å². The summed E-state index contributed by atoms with van der Waals surface area (Å²) in [7, 11) is 0. The molecule has 1 fully saturated rings. The second kappa shape index (κ2) is 7.12. The average molecular weight is 353 g/mol. The van der Waals surface area contributed by atoms with E-state index in [0.717, 1.165) is 37.9 Å². The van der Waals surface area contributed by atoms with Crippen molar-refractivity contribution in [3.8, 4) is 0 Å². The Bertz CT molecular complexity index is 783. The summed E-state index contributed by atoms with van der Waals surface area (Å²) in [5, 5.41) is 0. The molecule has 1 unspecified atom stereocenters. The molecule has 2 aromatic rings. The number of carbonyl (C=O) groups is 1. The molecular formula is C21H24N2OS. The fourth-order valence-electron chi connectivity index (χ4n) is 4.09. The van der Waals surface area contributed by atoms with Crippen LogP contribution < -0.4 is 10.6 Å². The van der Waals surface area contributed by atoms with Gasteiger partial charge in [0.05, 0.1) is 0 Å². The molecule has 2 aromatic carbocycles. The SMILES string of the molecule is NC(=O)c1ccc(N2CCSCC2)cc1C1CCc2ccccc2C1. The molecule has 25 heavy (non-hydrogen) atoms. The smallest absolute Gasteiger partial charge is 0.248 e. The molecule has 3 nitrogen and oxygen atoms in total. The van der Waals surface area contributed by atoms with Gasteiger partial charge < -0.3 is 10.6 Å². The topological polar surface area (TPSA) is 46.3 Å². The van der Waals surface area contributed by atoms with Gasteiger partial charge in [0.1, 0.15) is 0 Å². The van der Waals surface area contributed by atoms with Gasteiger partial charge in [0.2, 0.25) is 5.91 Å². The Hall–Kier alpha value is -1.94. The van der Waals surface area contributed by atoms with Crippen molar-refractivity contribution in [2.45, 2.75) is 25.2 Å². The van der Waals surface area contributed by atoms with Crippen LogP contribution in [0, 0.1) is 0 Å². The summed E-state index contributed by atoms with van der Waals surface area (Å²) in [6.45, 7) is 2.15. The molecule has 1 aliphatic carbocycles. The number of hydrogen-bond acceptors (Lipinski definition) is 3. The third-order valence-corrected chi connectivity index (χ3v) is 6.41. The predicted molar refractivity (Wildman–Crippen MR) is 106 cm³/mol. The first-order valence-corrected chi connectivity index (χ1v) is 10.2. The van der Waals surface area contributed by atoms with Crippen LogP contribution in [0.25, 0.3) is 0 Å². The summed E-state index contributed by atoms with van der Waals surface area (Å²) in [4.78, 5) is 14.4. The molecule has 1 amide bonds. The van der Waals surface area contributed by atoms with E-state index in [4.69, 9.17) is 5.73 Å². The normalized spacial score (nSPS) is 20.2. The van der Waals surface area contributed by atoms with Crippen molar-refractivity contribution in [3.63, 3.8) is 0 Å². The lowest BCUT2D eigenvalue weighted by Crippen LogP contribution is -2.32. The fourth-order valence-corrected chi connectivity index (χ4v) is 5.00. The van der Waals surface area contributed by atoms with Crippen LogP contribution >= 0.6 is 11.8 Å². The minimum Gasteiger partial charge on any atom is -0.370 e. The molecule has 1 atom stereocenters. The Morgan fingerprint density at radius 2 is 1.84 bits per heavy atom. The van der Waals surface area contributed by atoms with E-state index >= 15 is 0 Å². The summed E-state index contributed by atoms with van der Waals surface area (Å²) < 4.78 is 0. The van der Waals surface area contributed by atoms with Gasteiger partial charge in [-0.2, -0.15) is 11.8 Å². The van der Waals surface area contributed by atoms with Gasteiger partial charge >= 0.3 is 0 Å². The van der Waals surface area contributed by atoms with E-state index in [1.54, 1.807) is 0 Å². The lowest BCUT2D eigenvalue weighted by atomic mass is 9.78. The van der Waals surface area contributed by atoms with Gasteiger partial charge in [0.15, 0.2) is 0 Å². The van der Waals surface area contributed by atoms with Gasteiger partial charge in [-0.1, -0.05) is 24.3 Å². The van der Waals surface area contributed by atoms with Gasteiger partial charge in [-0.3, -0.25) is 4.79 Å². The second-order valence-electron chi connectivity index (χ2n) is 6.94. The molecule has 0 radical (unpaired) electrons. The van der Waals surface area contributed by atoms with Crippen molar-refractivity contribution in [2.75, 3.05) is 29.5 Å². The lowest BCUT2D eigenvalue weighted by molar-refractivity contribution is 0.0999.